The molecule has 1 aliphatic heterocycles. The van der Waals surface area contributed by atoms with E-state index >= 15 is 0 Å². The molecule has 0 unspecified atom stereocenters. The van der Waals surface area contributed by atoms with Crippen LogP contribution in [0.25, 0.3) is 0 Å². The Morgan fingerprint density at radius 1 is 0.615 bits per heavy atom. The average molecular weight is 490 g/mol. The van der Waals surface area contributed by atoms with Crippen molar-refractivity contribution in [2.24, 2.45) is 0 Å². The predicted octanol–water partition coefficient (Wildman–Crippen LogP) is 3.58. The standard InChI is InChI=1S/C22H21OPSe2/c23-24(20-10-2-1-3-11-20)21-12-6-4-8-18(21)16-25-14-15-26-17-19-9-5-7-13-22(19)24/h1-13H,14-17H2. The van der Waals surface area contributed by atoms with Crippen LogP contribution in [0.3, 0.4) is 0 Å². The topological polar surface area (TPSA) is 17.1 Å². The second kappa shape index (κ2) is 8.30. The molecule has 0 radical (unpaired) electrons. The van der Waals surface area contributed by atoms with Crippen LogP contribution in [0.2, 0.25) is 10.6 Å². The molecule has 4 rings (SSSR count). The van der Waals surface area contributed by atoms with Crippen LogP contribution in [0.4, 0.5) is 0 Å². The van der Waals surface area contributed by atoms with Gasteiger partial charge in [0.05, 0.1) is 0 Å². The third-order valence-electron chi connectivity index (χ3n) is 4.67. The number of fused-ring (bicyclic) bond motifs is 2. The van der Waals surface area contributed by atoms with E-state index in [0.29, 0.717) is 29.9 Å². The number of benzene rings is 3. The van der Waals surface area contributed by atoms with Crippen molar-refractivity contribution in [3.05, 3.63) is 90.0 Å². The summed E-state index contributed by atoms with van der Waals surface area (Å²) < 4.78 is 14.8. The molecule has 1 aliphatic rings. The molecule has 0 atom stereocenters. The summed E-state index contributed by atoms with van der Waals surface area (Å²) >= 11 is 1.19. The summed E-state index contributed by atoms with van der Waals surface area (Å²) in [5, 5.41) is 7.89. The first-order chi connectivity index (χ1) is 12.8. The zero-order valence-electron chi connectivity index (χ0n) is 14.5. The molecule has 1 nitrogen and oxygen atoms in total. The fourth-order valence-electron chi connectivity index (χ4n) is 3.41. The van der Waals surface area contributed by atoms with Crippen molar-refractivity contribution < 1.29 is 4.57 Å². The minimum absolute atomic E-state index is 0.593. The van der Waals surface area contributed by atoms with Crippen molar-refractivity contribution in [2.75, 3.05) is 0 Å². The Bertz CT molecular complexity index is 884. The third-order valence-corrected chi connectivity index (χ3v) is 13.5. The summed E-state index contributed by atoms with van der Waals surface area (Å²) in [6.07, 6.45) is 0. The fourth-order valence-corrected chi connectivity index (χ4v) is 12.7. The molecule has 0 bridgehead atoms. The van der Waals surface area contributed by atoms with Crippen molar-refractivity contribution >= 4 is 53.0 Å². The maximum atomic E-state index is 14.8. The van der Waals surface area contributed by atoms with Gasteiger partial charge >= 0.3 is 169 Å². The summed E-state index contributed by atoms with van der Waals surface area (Å²) in [7, 11) is -2.86. The summed E-state index contributed by atoms with van der Waals surface area (Å²) in [6, 6.07) is 27.0. The Balaban J connectivity index is 2.03. The van der Waals surface area contributed by atoms with Crippen LogP contribution >= 0.6 is 7.14 Å². The van der Waals surface area contributed by atoms with Gasteiger partial charge in [-0.15, -0.1) is 0 Å². The van der Waals surface area contributed by atoms with E-state index in [9.17, 15) is 4.57 Å². The van der Waals surface area contributed by atoms with Gasteiger partial charge in [0.1, 0.15) is 0 Å². The van der Waals surface area contributed by atoms with Crippen LogP contribution in [0.5, 0.6) is 0 Å². The Morgan fingerprint density at radius 3 is 1.62 bits per heavy atom. The van der Waals surface area contributed by atoms with Gasteiger partial charge in [-0.1, -0.05) is 0 Å². The maximum absolute atomic E-state index is 14.8. The predicted molar refractivity (Wildman–Crippen MR) is 114 cm³/mol. The molecule has 3 aromatic carbocycles. The van der Waals surface area contributed by atoms with E-state index in [1.807, 2.05) is 42.5 Å². The van der Waals surface area contributed by atoms with E-state index in [-0.39, 0.29) is 0 Å². The molecule has 4 heteroatoms. The fraction of sp³-hybridized carbons (Fsp3) is 0.182. The molecule has 1 heterocycles. The van der Waals surface area contributed by atoms with Gasteiger partial charge in [0, 0.05) is 0 Å². The molecule has 26 heavy (non-hydrogen) atoms. The Labute approximate surface area is 168 Å². The molecule has 0 aromatic heterocycles. The zero-order valence-corrected chi connectivity index (χ0v) is 18.8. The second-order valence-electron chi connectivity index (χ2n) is 6.31. The van der Waals surface area contributed by atoms with Crippen LogP contribution in [0, 0.1) is 0 Å². The monoisotopic (exact) mass is 492 g/mol. The average Bonchev–Trinajstić information content (AvgIpc) is 2.73. The Kier molecular flexibility index (Phi) is 5.84. The summed E-state index contributed by atoms with van der Waals surface area (Å²) in [4.78, 5) is 0. The Hall–Kier alpha value is -1.07. The molecule has 0 saturated heterocycles. The first-order valence-corrected chi connectivity index (χ1v) is 15.3. The van der Waals surface area contributed by atoms with Crippen LogP contribution in [0.15, 0.2) is 78.9 Å². The quantitative estimate of drug-likeness (QED) is 0.377. The van der Waals surface area contributed by atoms with E-state index in [2.05, 4.69) is 36.4 Å². The minimum atomic E-state index is -2.86. The molecule has 0 aliphatic carbocycles. The molecule has 132 valence electrons. The van der Waals surface area contributed by atoms with Crippen molar-refractivity contribution in [2.45, 2.75) is 21.3 Å². The molecule has 0 amide bonds. The Morgan fingerprint density at radius 2 is 1.08 bits per heavy atom. The molecule has 0 N–H and O–H groups in total. The third kappa shape index (κ3) is 3.52. The number of hydrogen-bond donors (Lipinski definition) is 0. The van der Waals surface area contributed by atoms with Gasteiger partial charge in [-0.05, 0) is 0 Å². The molecule has 0 spiro atoms. The molecule has 3 aromatic rings. The summed E-state index contributed by atoms with van der Waals surface area (Å²) in [5.74, 6) is 0. The van der Waals surface area contributed by atoms with Crippen LogP contribution in [-0.4, -0.2) is 29.9 Å². The van der Waals surface area contributed by atoms with Crippen LogP contribution in [0.1, 0.15) is 11.1 Å². The van der Waals surface area contributed by atoms with Crippen molar-refractivity contribution in [3.8, 4) is 0 Å². The first-order valence-electron chi connectivity index (χ1n) is 8.78. The van der Waals surface area contributed by atoms with E-state index < -0.39 is 7.14 Å². The van der Waals surface area contributed by atoms with Gasteiger partial charge < -0.3 is 0 Å². The first kappa shape index (κ1) is 18.3. The van der Waals surface area contributed by atoms with Gasteiger partial charge in [0.15, 0.2) is 0 Å². The van der Waals surface area contributed by atoms with Crippen LogP contribution < -0.4 is 15.9 Å². The normalized spacial score (nSPS) is 16.8. The van der Waals surface area contributed by atoms with E-state index in [4.69, 9.17) is 0 Å². The second-order valence-corrected chi connectivity index (χ2v) is 13.6. The molecule has 0 fully saturated rings. The van der Waals surface area contributed by atoms with E-state index in [1.54, 1.807) is 0 Å². The van der Waals surface area contributed by atoms with Gasteiger partial charge in [-0.25, -0.2) is 0 Å². The van der Waals surface area contributed by atoms with Crippen molar-refractivity contribution in [1.82, 2.24) is 0 Å². The van der Waals surface area contributed by atoms with E-state index in [0.717, 1.165) is 26.6 Å². The van der Waals surface area contributed by atoms with E-state index in [1.165, 1.54) is 21.8 Å². The molecular formula is C22H21OPSe2. The summed E-state index contributed by atoms with van der Waals surface area (Å²) in [5.41, 5.74) is 2.56. The number of hydrogen-bond acceptors (Lipinski definition) is 1. The van der Waals surface area contributed by atoms with Crippen molar-refractivity contribution in [3.63, 3.8) is 0 Å². The van der Waals surface area contributed by atoms with Gasteiger partial charge in [0.25, 0.3) is 0 Å². The molecule has 0 saturated carbocycles. The van der Waals surface area contributed by atoms with Gasteiger partial charge in [0.2, 0.25) is 0 Å². The van der Waals surface area contributed by atoms with Gasteiger partial charge in [-0.2, -0.15) is 0 Å². The van der Waals surface area contributed by atoms with Crippen molar-refractivity contribution in [1.29, 1.82) is 0 Å². The van der Waals surface area contributed by atoms with Crippen LogP contribution in [-0.2, 0) is 15.2 Å². The van der Waals surface area contributed by atoms with Gasteiger partial charge in [-0.3, -0.25) is 0 Å². The zero-order chi connectivity index (χ0) is 17.8. The summed E-state index contributed by atoms with van der Waals surface area (Å²) in [6.45, 7) is 0. The number of rotatable bonds is 1. The molecular weight excluding hydrogens is 469 g/mol. The SMILES string of the molecule is O=P1(c2ccccc2)c2ccccc2C[Se]CC[Se]Cc2ccccc21.